The lowest BCUT2D eigenvalue weighted by Gasteiger charge is -2.37. The van der Waals surface area contributed by atoms with E-state index in [-0.39, 0.29) is 5.92 Å². The van der Waals surface area contributed by atoms with Crippen molar-refractivity contribution in [1.29, 1.82) is 0 Å². The predicted octanol–water partition coefficient (Wildman–Crippen LogP) is 6.38. The third-order valence-corrected chi connectivity index (χ3v) is 5.48. The largest absolute Gasteiger partial charge is 0.203 e. The smallest absolute Gasteiger partial charge is 0.162 e. The highest BCUT2D eigenvalue weighted by atomic mass is 19.2. The van der Waals surface area contributed by atoms with E-state index in [1.165, 1.54) is 6.42 Å². The Labute approximate surface area is 128 Å². The number of hydrogen-bond donors (Lipinski definition) is 0. The molecule has 0 N–H and O–H groups in total. The summed E-state index contributed by atoms with van der Waals surface area (Å²) in [5.41, 5.74) is 1.53. The minimum atomic E-state index is -0.607. The van der Waals surface area contributed by atoms with Gasteiger partial charge < -0.3 is 0 Å². The topological polar surface area (TPSA) is 0 Å². The first-order valence-corrected chi connectivity index (χ1v) is 8.47. The molecule has 0 unspecified atom stereocenters. The molecule has 1 aliphatic carbocycles. The number of aryl methyl sites for hydroxylation is 1. The van der Waals surface area contributed by atoms with Gasteiger partial charge >= 0.3 is 0 Å². The van der Waals surface area contributed by atoms with Gasteiger partial charge in [-0.1, -0.05) is 45.7 Å². The number of hydrogen-bond acceptors (Lipinski definition) is 0. The van der Waals surface area contributed by atoms with Gasteiger partial charge in [-0.3, -0.25) is 0 Å². The zero-order chi connectivity index (χ0) is 15.5. The number of rotatable bonds is 5. The Hall–Kier alpha value is -0.920. The summed E-state index contributed by atoms with van der Waals surface area (Å²) >= 11 is 0. The molecular weight excluding hydrogens is 266 g/mol. The van der Waals surface area contributed by atoms with E-state index in [0.717, 1.165) is 38.5 Å². The second kappa shape index (κ2) is 6.89. The lowest BCUT2D eigenvalue weighted by Crippen LogP contribution is -2.23. The molecule has 2 heteroatoms. The predicted molar refractivity (Wildman–Crippen MR) is 84.6 cm³/mol. The van der Waals surface area contributed by atoms with Gasteiger partial charge in [0.2, 0.25) is 0 Å². The Kier molecular flexibility index (Phi) is 5.40. The van der Waals surface area contributed by atoms with Crippen LogP contribution in [0.3, 0.4) is 0 Å². The molecule has 0 saturated heterocycles. The van der Waals surface area contributed by atoms with Crippen molar-refractivity contribution in [2.75, 3.05) is 0 Å². The molecule has 0 nitrogen and oxygen atoms in total. The Morgan fingerprint density at radius 3 is 2.33 bits per heavy atom. The maximum atomic E-state index is 14.4. The van der Waals surface area contributed by atoms with E-state index in [1.807, 2.05) is 6.07 Å². The Morgan fingerprint density at radius 1 is 1.10 bits per heavy atom. The highest BCUT2D eigenvalue weighted by Gasteiger charge is 2.31. The van der Waals surface area contributed by atoms with Crippen molar-refractivity contribution in [1.82, 2.24) is 0 Å². The molecule has 0 aromatic heterocycles. The van der Waals surface area contributed by atoms with Crippen LogP contribution in [0.1, 0.15) is 82.8 Å². The van der Waals surface area contributed by atoms with Crippen LogP contribution in [0.15, 0.2) is 12.1 Å². The fourth-order valence-electron chi connectivity index (χ4n) is 3.46. The first-order valence-electron chi connectivity index (χ1n) is 8.47. The van der Waals surface area contributed by atoms with Crippen LogP contribution in [0.2, 0.25) is 0 Å². The van der Waals surface area contributed by atoms with Gasteiger partial charge in [-0.05, 0) is 61.0 Å². The third-order valence-electron chi connectivity index (χ3n) is 5.48. The Balaban J connectivity index is 2.13. The summed E-state index contributed by atoms with van der Waals surface area (Å²) in [7, 11) is 0. The van der Waals surface area contributed by atoms with Crippen LogP contribution >= 0.6 is 0 Å². The first-order chi connectivity index (χ1) is 10.0. The van der Waals surface area contributed by atoms with Gasteiger partial charge in [0.25, 0.3) is 0 Å². The second-order valence-corrected chi connectivity index (χ2v) is 6.98. The fraction of sp³-hybridized carbons (Fsp3) is 0.684. The van der Waals surface area contributed by atoms with E-state index in [2.05, 4.69) is 20.8 Å². The standard InChI is InChI=1S/C19H28F2/c1-4-6-7-15-8-9-16(18(21)17(15)20)14-10-12-19(3,5-2)13-11-14/h8-9,14H,4-7,10-13H2,1-3H3. The monoisotopic (exact) mass is 294 g/mol. The van der Waals surface area contributed by atoms with Crippen molar-refractivity contribution < 1.29 is 8.78 Å². The maximum Gasteiger partial charge on any atom is 0.162 e. The lowest BCUT2D eigenvalue weighted by molar-refractivity contribution is 0.189. The van der Waals surface area contributed by atoms with Crippen LogP contribution < -0.4 is 0 Å². The van der Waals surface area contributed by atoms with E-state index in [1.54, 1.807) is 6.07 Å². The van der Waals surface area contributed by atoms with Crippen molar-refractivity contribution in [3.63, 3.8) is 0 Å². The zero-order valence-corrected chi connectivity index (χ0v) is 13.6. The molecule has 0 aliphatic heterocycles. The Morgan fingerprint density at radius 2 is 1.76 bits per heavy atom. The van der Waals surface area contributed by atoms with Crippen molar-refractivity contribution in [3.05, 3.63) is 34.9 Å². The first kappa shape index (κ1) is 16.5. The van der Waals surface area contributed by atoms with Crippen molar-refractivity contribution in [3.8, 4) is 0 Å². The molecule has 0 spiro atoms. The van der Waals surface area contributed by atoms with Gasteiger partial charge in [-0.25, -0.2) is 8.78 Å². The highest BCUT2D eigenvalue weighted by molar-refractivity contribution is 5.29. The number of unbranched alkanes of at least 4 members (excludes halogenated alkanes) is 1. The molecule has 1 saturated carbocycles. The van der Waals surface area contributed by atoms with Gasteiger partial charge in [-0.2, -0.15) is 0 Å². The van der Waals surface area contributed by atoms with Gasteiger partial charge in [-0.15, -0.1) is 0 Å². The summed E-state index contributed by atoms with van der Waals surface area (Å²) in [6.07, 6.45) is 7.92. The molecule has 21 heavy (non-hydrogen) atoms. The zero-order valence-electron chi connectivity index (χ0n) is 13.6. The van der Waals surface area contributed by atoms with E-state index in [4.69, 9.17) is 0 Å². The molecule has 0 amide bonds. The molecule has 1 fully saturated rings. The molecule has 1 aliphatic rings. The van der Waals surface area contributed by atoms with Crippen molar-refractivity contribution in [2.24, 2.45) is 5.41 Å². The second-order valence-electron chi connectivity index (χ2n) is 6.98. The van der Waals surface area contributed by atoms with Gasteiger partial charge in [0.05, 0.1) is 0 Å². The molecule has 0 radical (unpaired) electrons. The van der Waals surface area contributed by atoms with E-state index in [0.29, 0.717) is 23.0 Å². The molecule has 118 valence electrons. The summed E-state index contributed by atoms with van der Waals surface area (Å²) in [5, 5.41) is 0. The SMILES string of the molecule is CCCCc1ccc(C2CCC(C)(CC)CC2)c(F)c1F. The normalized spacial score (nSPS) is 26.0. The van der Waals surface area contributed by atoms with Gasteiger partial charge in [0, 0.05) is 0 Å². The molecule has 1 aromatic carbocycles. The van der Waals surface area contributed by atoms with Crippen LogP contribution in [0.4, 0.5) is 8.78 Å². The molecular formula is C19H28F2. The Bertz CT molecular complexity index is 471. The van der Waals surface area contributed by atoms with Gasteiger partial charge in [0.1, 0.15) is 0 Å². The molecule has 2 rings (SSSR count). The van der Waals surface area contributed by atoms with Crippen molar-refractivity contribution in [2.45, 2.75) is 78.1 Å². The molecule has 0 bridgehead atoms. The summed E-state index contributed by atoms with van der Waals surface area (Å²) in [4.78, 5) is 0. The average molecular weight is 294 g/mol. The van der Waals surface area contributed by atoms with E-state index >= 15 is 0 Å². The lowest BCUT2D eigenvalue weighted by atomic mass is 9.69. The summed E-state index contributed by atoms with van der Waals surface area (Å²) in [5.74, 6) is -1.00. The third kappa shape index (κ3) is 3.64. The van der Waals surface area contributed by atoms with E-state index < -0.39 is 11.6 Å². The minimum absolute atomic E-state index is 0.194. The maximum absolute atomic E-state index is 14.4. The van der Waals surface area contributed by atoms with E-state index in [9.17, 15) is 8.78 Å². The summed E-state index contributed by atoms with van der Waals surface area (Å²) < 4.78 is 28.6. The van der Waals surface area contributed by atoms with Crippen LogP contribution in [0, 0.1) is 17.0 Å². The van der Waals surface area contributed by atoms with Crippen molar-refractivity contribution >= 4 is 0 Å². The fourth-order valence-corrected chi connectivity index (χ4v) is 3.46. The average Bonchev–Trinajstić information content (AvgIpc) is 2.50. The van der Waals surface area contributed by atoms with Crippen LogP contribution in [-0.2, 0) is 6.42 Å². The van der Waals surface area contributed by atoms with Crippen LogP contribution in [-0.4, -0.2) is 0 Å². The number of benzene rings is 1. The number of halogens is 2. The molecule has 1 aromatic rings. The summed E-state index contributed by atoms with van der Waals surface area (Å²) in [6, 6.07) is 3.64. The summed E-state index contributed by atoms with van der Waals surface area (Å²) in [6.45, 7) is 6.60. The highest BCUT2D eigenvalue weighted by Crippen LogP contribution is 2.45. The van der Waals surface area contributed by atoms with Gasteiger partial charge in [0.15, 0.2) is 11.6 Å². The minimum Gasteiger partial charge on any atom is -0.203 e. The molecule has 0 atom stereocenters. The van der Waals surface area contributed by atoms with Crippen LogP contribution in [0.25, 0.3) is 0 Å². The molecule has 0 heterocycles. The van der Waals surface area contributed by atoms with Crippen LogP contribution in [0.5, 0.6) is 0 Å². The quantitative estimate of drug-likeness (QED) is 0.591.